The monoisotopic (exact) mass is 464 g/mol. The minimum atomic E-state index is -0.200. The summed E-state index contributed by atoms with van der Waals surface area (Å²) in [6.45, 7) is 10.3. The highest BCUT2D eigenvalue weighted by atomic mass is 127. The van der Waals surface area contributed by atoms with Gasteiger partial charge in [-0.25, -0.2) is 4.39 Å². The highest BCUT2D eigenvalue weighted by Crippen LogP contribution is 2.22. The Bertz CT molecular complexity index is 548. The summed E-state index contributed by atoms with van der Waals surface area (Å²) < 4.78 is 18.8. The molecule has 0 aromatic heterocycles. The molecular weight excluding hydrogens is 434 g/mol. The molecule has 1 aliphatic rings. The molecule has 2 N–H and O–H groups in total. The lowest BCUT2D eigenvalue weighted by Gasteiger charge is -2.28. The minimum absolute atomic E-state index is 0. The van der Waals surface area contributed by atoms with E-state index in [2.05, 4.69) is 34.4 Å². The normalized spacial score (nSPS) is 16.2. The largest absolute Gasteiger partial charge is 0.379 e. The zero-order valence-electron chi connectivity index (χ0n) is 15.3. The second-order valence-corrected chi connectivity index (χ2v) is 6.70. The molecule has 0 unspecified atom stereocenters. The third-order valence-electron chi connectivity index (χ3n) is 4.35. The first kappa shape index (κ1) is 22.1. The molecule has 7 heteroatoms. The van der Waals surface area contributed by atoms with Crippen molar-refractivity contribution in [2.75, 3.05) is 53.0 Å². The Morgan fingerprint density at radius 1 is 1.28 bits per heavy atom. The van der Waals surface area contributed by atoms with Gasteiger partial charge in [0.1, 0.15) is 5.82 Å². The van der Waals surface area contributed by atoms with Crippen LogP contribution in [-0.4, -0.2) is 63.8 Å². The van der Waals surface area contributed by atoms with Gasteiger partial charge in [-0.2, -0.15) is 0 Å². The van der Waals surface area contributed by atoms with Crippen LogP contribution in [0.1, 0.15) is 19.4 Å². The molecule has 0 atom stereocenters. The van der Waals surface area contributed by atoms with E-state index in [-0.39, 0.29) is 35.2 Å². The summed E-state index contributed by atoms with van der Waals surface area (Å²) in [5.74, 6) is 0.571. The molecule has 1 aromatic carbocycles. The van der Waals surface area contributed by atoms with Gasteiger partial charge in [-0.3, -0.25) is 9.89 Å². The van der Waals surface area contributed by atoms with Crippen molar-refractivity contribution in [3.8, 4) is 0 Å². The maximum absolute atomic E-state index is 13.4. The molecule has 1 saturated heterocycles. The topological polar surface area (TPSA) is 48.9 Å². The van der Waals surface area contributed by atoms with Crippen LogP contribution in [0.3, 0.4) is 0 Å². The Morgan fingerprint density at radius 2 is 2.00 bits per heavy atom. The Hall–Kier alpha value is -0.930. The van der Waals surface area contributed by atoms with Crippen molar-refractivity contribution < 1.29 is 9.13 Å². The predicted molar refractivity (Wildman–Crippen MR) is 111 cm³/mol. The third-order valence-corrected chi connectivity index (χ3v) is 4.35. The van der Waals surface area contributed by atoms with E-state index in [1.807, 2.05) is 6.07 Å². The van der Waals surface area contributed by atoms with Crippen LogP contribution in [0.15, 0.2) is 29.3 Å². The first-order valence-corrected chi connectivity index (χ1v) is 8.52. The van der Waals surface area contributed by atoms with E-state index in [0.717, 1.165) is 50.9 Å². The van der Waals surface area contributed by atoms with Crippen LogP contribution < -0.4 is 10.6 Å². The van der Waals surface area contributed by atoms with Gasteiger partial charge in [0.25, 0.3) is 0 Å². The van der Waals surface area contributed by atoms with Gasteiger partial charge in [0.15, 0.2) is 5.96 Å². The van der Waals surface area contributed by atoms with Gasteiger partial charge in [0.05, 0.1) is 13.2 Å². The second-order valence-electron chi connectivity index (χ2n) is 6.70. The summed E-state index contributed by atoms with van der Waals surface area (Å²) in [5, 5.41) is 6.67. The van der Waals surface area contributed by atoms with E-state index < -0.39 is 0 Å². The SMILES string of the molecule is CN=C(NCCN1CCOCC1)NCC(C)(C)c1cccc(F)c1.I. The van der Waals surface area contributed by atoms with Gasteiger partial charge in [0.2, 0.25) is 0 Å². The maximum atomic E-state index is 13.4. The van der Waals surface area contributed by atoms with Crippen LogP contribution in [0.2, 0.25) is 0 Å². The molecule has 25 heavy (non-hydrogen) atoms. The molecule has 5 nitrogen and oxygen atoms in total. The number of hydrogen-bond donors (Lipinski definition) is 2. The average Bonchev–Trinajstić information content (AvgIpc) is 2.59. The van der Waals surface area contributed by atoms with Gasteiger partial charge in [-0.1, -0.05) is 26.0 Å². The Labute approximate surface area is 167 Å². The van der Waals surface area contributed by atoms with Gasteiger partial charge >= 0.3 is 0 Å². The molecular formula is C18H30FIN4O. The number of nitrogens with zero attached hydrogens (tertiary/aromatic N) is 2. The molecule has 2 rings (SSSR count). The van der Waals surface area contributed by atoms with Crippen LogP contribution >= 0.6 is 24.0 Å². The van der Waals surface area contributed by atoms with E-state index in [0.29, 0.717) is 6.54 Å². The zero-order chi connectivity index (χ0) is 17.4. The van der Waals surface area contributed by atoms with Crippen LogP contribution in [0.25, 0.3) is 0 Å². The number of halogens is 2. The lowest BCUT2D eigenvalue weighted by Crippen LogP contribution is -2.46. The van der Waals surface area contributed by atoms with Crippen molar-refractivity contribution in [3.63, 3.8) is 0 Å². The fraction of sp³-hybridized carbons (Fsp3) is 0.611. The van der Waals surface area contributed by atoms with Gasteiger partial charge in [0, 0.05) is 45.2 Å². The average molecular weight is 464 g/mol. The smallest absolute Gasteiger partial charge is 0.191 e. The second kappa shape index (κ2) is 10.9. The molecule has 0 aliphatic carbocycles. The summed E-state index contributed by atoms with van der Waals surface area (Å²) in [5.41, 5.74) is 0.781. The quantitative estimate of drug-likeness (QED) is 0.385. The summed E-state index contributed by atoms with van der Waals surface area (Å²) in [4.78, 5) is 6.64. The van der Waals surface area contributed by atoms with Crippen LogP contribution in [0.5, 0.6) is 0 Å². The molecule has 0 saturated carbocycles. The fourth-order valence-corrected chi connectivity index (χ4v) is 2.69. The number of guanidine groups is 1. The lowest BCUT2D eigenvalue weighted by atomic mass is 9.84. The van der Waals surface area contributed by atoms with E-state index in [9.17, 15) is 4.39 Å². The van der Waals surface area contributed by atoms with Crippen molar-refractivity contribution in [2.24, 2.45) is 4.99 Å². The number of ether oxygens (including phenoxy) is 1. The molecule has 0 radical (unpaired) electrons. The van der Waals surface area contributed by atoms with Crippen LogP contribution in [0, 0.1) is 5.82 Å². The number of aliphatic imine (C=N–C) groups is 1. The van der Waals surface area contributed by atoms with Crippen molar-refractivity contribution in [3.05, 3.63) is 35.6 Å². The van der Waals surface area contributed by atoms with Gasteiger partial charge in [-0.15, -0.1) is 24.0 Å². The van der Waals surface area contributed by atoms with E-state index >= 15 is 0 Å². The van der Waals surface area contributed by atoms with E-state index in [1.54, 1.807) is 19.2 Å². The van der Waals surface area contributed by atoms with E-state index in [1.165, 1.54) is 6.07 Å². The molecule has 0 bridgehead atoms. The first-order chi connectivity index (χ1) is 11.5. The van der Waals surface area contributed by atoms with Crippen molar-refractivity contribution >= 4 is 29.9 Å². The number of benzene rings is 1. The zero-order valence-corrected chi connectivity index (χ0v) is 17.7. The molecule has 0 spiro atoms. The molecule has 0 amide bonds. The standard InChI is InChI=1S/C18H29FN4O.HI/c1-18(2,15-5-4-6-16(19)13-15)14-22-17(20-3)21-7-8-23-9-11-24-12-10-23;/h4-6,13H,7-12,14H2,1-3H3,(H2,20,21,22);1H. The maximum Gasteiger partial charge on any atom is 0.191 e. The fourth-order valence-electron chi connectivity index (χ4n) is 2.69. The molecule has 142 valence electrons. The minimum Gasteiger partial charge on any atom is -0.379 e. The first-order valence-electron chi connectivity index (χ1n) is 8.52. The molecule has 1 aliphatic heterocycles. The molecule has 1 heterocycles. The molecule has 1 fully saturated rings. The summed E-state index contributed by atoms with van der Waals surface area (Å²) in [7, 11) is 1.76. The Morgan fingerprint density at radius 3 is 2.64 bits per heavy atom. The Balaban J connectivity index is 0.00000312. The summed E-state index contributed by atoms with van der Waals surface area (Å²) >= 11 is 0. The van der Waals surface area contributed by atoms with Gasteiger partial charge in [-0.05, 0) is 17.7 Å². The van der Waals surface area contributed by atoms with Crippen LogP contribution in [-0.2, 0) is 10.2 Å². The molecule has 1 aromatic rings. The summed E-state index contributed by atoms with van der Waals surface area (Å²) in [6, 6.07) is 6.77. The van der Waals surface area contributed by atoms with Crippen molar-refractivity contribution in [1.82, 2.24) is 15.5 Å². The van der Waals surface area contributed by atoms with Crippen LogP contribution in [0.4, 0.5) is 4.39 Å². The number of rotatable bonds is 6. The number of morpholine rings is 1. The van der Waals surface area contributed by atoms with Crippen molar-refractivity contribution in [1.29, 1.82) is 0 Å². The van der Waals surface area contributed by atoms with Crippen molar-refractivity contribution in [2.45, 2.75) is 19.3 Å². The Kier molecular flexibility index (Phi) is 9.66. The summed E-state index contributed by atoms with van der Waals surface area (Å²) in [6.07, 6.45) is 0. The number of hydrogen-bond acceptors (Lipinski definition) is 3. The lowest BCUT2D eigenvalue weighted by molar-refractivity contribution is 0.0389. The van der Waals surface area contributed by atoms with Gasteiger partial charge < -0.3 is 15.4 Å². The predicted octanol–water partition coefficient (Wildman–Crippen LogP) is 2.22. The highest BCUT2D eigenvalue weighted by molar-refractivity contribution is 14.0. The third kappa shape index (κ3) is 7.45. The number of nitrogens with one attached hydrogen (secondary N) is 2. The van der Waals surface area contributed by atoms with E-state index in [4.69, 9.17) is 4.74 Å². The highest BCUT2D eigenvalue weighted by Gasteiger charge is 2.21.